The summed E-state index contributed by atoms with van der Waals surface area (Å²) in [6.45, 7) is 3.44. The lowest BCUT2D eigenvalue weighted by molar-refractivity contribution is 0.378. The summed E-state index contributed by atoms with van der Waals surface area (Å²) in [5, 5.41) is 0. The van der Waals surface area contributed by atoms with E-state index in [1.807, 2.05) is 30.3 Å². The molecule has 3 heteroatoms. The summed E-state index contributed by atoms with van der Waals surface area (Å²) in [6, 6.07) is 9.42. The summed E-state index contributed by atoms with van der Waals surface area (Å²) < 4.78 is 16.6. The molecule has 0 aliphatic heterocycles. The summed E-state index contributed by atoms with van der Waals surface area (Å²) in [6.07, 6.45) is 0.316. The van der Waals surface area contributed by atoms with Crippen LogP contribution in [0, 0.1) is 0 Å². The smallest absolute Gasteiger partial charge is 0.140 e. The average molecular weight is 184 g/mol. The Morgan fingerprint density at radius 3 is 2.33 bits per heavy atom. The molecule has 1 rings (SSSR count). The normalized spacial score (nSPS) is 11.2. The Labute approximate surface area is 72.9 Å². The van der Waals surface area contributed by atoms with Crippen LogP contribution in [0.15, 0.2) is 30.3 Å². The highest BCUT2D eigenvalue weighted by atomic mass is 31.2. The fraction of sp³-hybridized carbons (Fsp3) is 0.333. The average Bonchev–Trinajstić information content (AvgIpc) is 2.02. The zero-order chi connectivity index (χ0) is 9.03. The summed E-state index contributed by atoms with van der Waals surface area (Å²) in [4.78, 5) is 0. The number of ether oxygens (including phenoxy) is 1. The molecule has 0 fully saturated rings. The molecule has 0 saturated heterocycles. The first-order valence-corrected chi connectivity index (χ1v) is 6.58. The van der Waals surface area contributed by atoms with Gasteiger partial charge in [0.15, 0.2) is 0 Å². The van der Waals surface area contributed by atoms with Crippen molar-refractivity contribution in [2.24, 2.45) is 0 Å². The second-order valence-electron chi connectivity index (χ2n) is 3.16. The van der Waals surface area contributed by atoms with Crippen molar-refractivity contribution >= 4 is 7.14 Å². The molecule has 0 radical (unpaired) electrons. The van der Waals surface area contributed by atoms with Crippen molar-refractivity contribution in [1.82, 2.24) is 0 Å². The maximum Gasteiger partial charge on any atom is 0.140 e. The maximum atomic E-state index is 11.3. The molecule has 0 atom stereocenters. The highest BCUT2D eigenvalue weighted by Gasteiger charge is 2.06. The van der Waals surface area contributed by atoms with Gasteiger partial charge < -0.3 is 9.30 Å². The predicted molar refractivity (Wildman–Crippen MR) is 51.4 cm³/mol. The standard InChI is InChI=1S/C9H13O2P/c1-12(2,10)8-11-9-6-4-3-5-7-9/h3-7H,8H2,1-2H3. The first-order valence-electron chi connectivity index (χ1n) is 3.80. The molecule has 0 bridgehead atoms. The quantitative estimate of drug-likeness (QED) is 0.675. The molecule has 66 valence electrons. The molecule has 0 aliphatic rings. The molecule has 0 saturated carbocycles. The monoisotopic (exact) mass is 184 g/mol. The van der Waals surface area contributed by atoms with Crippen LogP contribution in [0.5, 0.6) is 5.75 Å². The Morgan fingerprint density at radius 2 is 1.83 bits per heavy atom. The topological polar surface area (TPSA) is 26.3 Å². The van der Waals surface area contributed by atoms with Crippen LogP contribution in [0.2, 0.25) is 0 Å². The fourth-order valence-corrected chi connectivity index (χ4v) is 1.21. The van der Waals surface area contributed by atoms with Gasteiger partial charge in [0.05, 0.1) is 0 Å². The van der Waals surface area contributed by atoms with Crippen LogP contribution in [0.1, 0.15) is 0 Å². The van der Waals surface area contributed by atoms with Crippen LogP contribution < -0.4 is 4.74 Å². The molecule has 0 unspecified atom stereocenters. The number of hydrogen-bond acceptors (Lipinski definition) is 2. The zero-order valence-corrected chi connectivity index (χ0v) is 8.25. The van der Waals surface area contributed by atoms with Crippen LogP contribution in [-0.4, -0.2) is 19.7 Å². The zero-order valence-electron chi connectivity index (χ0n) is 7.36. The number of rotatable bonds is 3. The second kappa shape index (κ2) is 3.77. The predicted octanol–water partition coefficient (Wildman–Crippen LogP) is 2.65. The van der Waals surface area contributed by atoms with E-state index in [1.54, 1.807) is 13.3 Å². The van der Waals surface area contributed by atoms with E-state index >= 15 is 0 Å². The minimum Gasteiger partial charge on any atom is -0.486 e. The van der Waals surface area contributed by atoms with E-state index in [0.29, 0.717) is 6.35 Å². The van der Waals surface area contributed by atoms with E-state index in [0.717, 1.165) is 5.75 Å². The Morgan fingerprint density at radius 1 is 1.25 bits per heavy atom. The minimum atomic E-state index is -2.05. The van der Waals surface area contributed by atoms with Gasteiger partial charge in [-0.2, -0.15) is 0 Å². The molecule has 0 heterocycles. The van der Waals surface area contributed by atoms with E-state index in [9.17, 15) is 4.57 Å². The van der Waals surface area contributed by atoms with Crippen molar-refractivity contribution in [2.45, 2.75) is 0 Å². The number of benzene rings is 1. The van der Waals surface area contributed by atoms with Crippen LogP contribution in [-0.2, 0) is 4.57 Å². The molecule has 0 amide bonds. The maximum absolute atomic E-state index is 11.3. The summed E-state index contributed by atoms with van der Waals surface area (Å²) in [5.74, 6) is 0.779. The fourth-order valence-electron chi connectivity index (χ4n) is 0.747. The molecule has 1 aromatic rings. The van der Waals surface area contributed by atoms with Crippen LogP contribution >= 0.6 is 7.14 Å². The summed E-state index contributed by atoms with van der Waals surface area (Å²) in [5.41, 5.74) is 0. The van der Waals surface area contributed by atoms with E-state index < -0.39 is 7.14 Å². The summed E-state index contributed by atoms with van der Waals surface area (Å²) >= 11 is 0. The lowest BCUT2D eigenvalue weighted by Gasteiger charge is -2.08. The van der Waals surface area contributed by atoms with Gasteiger partial charge in [0, 0.05) is 0 Å². The van der Waals surface area contributed by atoms with Gasteiger partial charge in [-0.25, -0.2) is 0 Å². The molecule has 0 aliphatic carbocycles. The van der Waals surface area contributed by atoms with Gasteiger partial charge in [0.25, 0.3) is 0 Å². The molecule has 1 aromatic carbocycles. The van der Waals surface area contributed by atoms with Gasteiger partial charge in [-0.1, -0.05) is 18.2 Å². The lowest BCUT2D eigenvalue weighted by Crippen LogP contribution is -1.96. The van der Waals surface area contributed by atoms with Gasteiger partial charge >= 0.3 is 0 Å². The molecule has 0 aromatic heterocycles. The van der Waals surface area contributed by atoms with E-state index in [1.165, 1.54) is 0 Å². The third kappa shape index (κ3) is 3.59. The molecule has 0 N–H and O–H groups in total. The number of hydrogen-bond donors (Lipinski definition) is 0. The van der Waals surface area contributed by atoms with Gasteiger partial charge in [-0.3, -0.25) is 0 Å². The van der Waals surface area contributed by atoms with Crippen molar-refractivity contribution in [3.8, 4) is 5.75 Å². The van der Waals surface area contributed by atoms with Crippen molar-refractivity contribution in [3.63, 3.8) is 0 Å². The lowest BCUT2D eigenvalue weighted by atomic mass is 10.3. The Kier molecular flexibility index (Phi) is 2.93. The molecular formula is C9H13O2P. The van der Waals surface area contributed by atoms with Crippen molar-refractivity contribution < 1.29 is 9.30 Å². The third-order valence-corrected chi connectivity index (χ3v) is 2.04. The minimum absolute atomic E-state index is 0.316. The second-order valence-corrected chi connectivity index (χ2v) is 6.57. The first kappa shape index (κ1) is 9.34. The van der Waals surface area contributed by atoms with Crippen molar-refractivity contribution in [2.75, 3.05) is 19.7 Å². The molecule has 0 spiro atoms. The Balaban J connectivity index is 2.50. The largest absolute Gasteiger partial charge is 0.486 e. The molecule has 2 nitrogen and oxygen atoms in total. The Hall–Kier alpha value is -0.750. The SMILES string of the molecule is CP(C)(=O)COc1ccccc1. The van der Waals surface area contributed by atoms with E-state index in [4.69, 9.17) is 4.74 Å². The van der Waals surface area contributed by atoms with Gasteiger partial charge in [-0.15, -0.1) is 0 Å². The highest BCUT2D eigenvalue weighted by Crippen LogP contribution is 2.35. The van der Waals surface area contributed by atoms with E-state index in [-0.39, 0.29) is 0 Å². The highest BCUT2D eigenvalue weighted by molar-refractivity contribution is 7.62. The van der Waals surface area contributed by atoms with Gasteiger partial charge in [0.2, 0.25) is 0 Å². The first-order chi connectivity index (χ1) is 5.58. The molecular weight excluding hydrogens is 171 g/mol. The number of para-hydroxylation sites is 1. The van der Waals surface area contributed by atoms with E-state index in [2.05, 4.69) is 0 Å². The van der Waals surface area contributed by atoms with Gasteiger partial charge in [0.1, 0.15) is 19.2 Å². The van der Waals surface area contributed by atoms with Gasteiger partial charge in [-0.05, 0) is 25.5 Å². The Bertz CT molecular complexity index is 276. The van der Waals surface area contributed by atoms with Crippen LogP contribution in [0.3, 0.4) is 0 Å². The summed E-state index contributed by atoms with van der Waals surface area (Å²) in [7, 11) is -2.05. The van der Waals surface area contributed by atoms with Crippen molar-refractivity contribution in [1.29, 1.82) is 0 Å². The third-order valence-electron chi connectivity index (χ3n) is 1.29. The van der Waals surface area contributed by atoms with Crippen molar-refractivity contribution in [3.05, 3.63) is 30.3 Å². The van der Waals surface area contributed by atoms with Crippen LogP contribution in [0.4, 0.5) is 0 Å². The van der Waals surface area contributed by atoms with Crippen LogP contribution in [0.25, 0.3) is 0 Å². The molecule has 12 heavy (non-hydrogen) atoms.